The molecular weight excluding hydrogens is 460 g/mol. The van der Waals surface area contributed by atoms with Crippen LogP contribution in [-0.2, 0) is 30.2 Å². The second-order valence-electron chi connectivity index (χ2n) is 12.7. The zero-order valence-electron chi connectivity index (χ0n) is 22.1. The van der Waals surface area contributed by atoms with E-state index in [2.05, 4.69) is 13.8 Å². The van der Waals surface area contributed by atoms with Gasteiger partial charge in [0, 0.05) is 22.8 Å². The highest BCUT2D eigenvalue weighted by atomic mass is 16.8. The predicted molar refractivity (Wildman–Crippen MR) is 132 cm³/mol. The number of hydrogen-bond donors (Lipinski definition) is 1. The van der Waals surface area contributed by atoms with E-state index in [1.165, 1.54) is 0 Å². The Morgan fingerprint density at radius 1 is 1.00 bits per heavy atom. The molecular formula is C29H38O7. The highest BCUT2D eigenvalue weighted by molar-refractivity contribution is 6.05. The van der Waals surface area contributed by atoms with E-state index in [1.807, 2.05) is 39.0 Å². The average molecular weight is 499 g/mol. The maximum Gasteiger partial charge on any atom is 0.170 e. The zero-order valence-corrected chi connectivity index (χ0v) is 22.1. The van der Waals surface area contributed by atoms with Gasteiger partial charge in [-0.3, -0.25) is 4.79 Å². The molecule has 0 aromatic heterocycles. The van der Waals surface area contributed by atoms with Gasteiger partial charge in [0.25, 0.3) is 0 Å². The second kappa shape index (κ2) is 8.03. The van der Waals surface area contributed by atoms with Crippen molar-refractivity contribution in [2.75, 3.05) is 20.3 Å². The Morgan fingerprint density at radius 3 is 2.39 bits per heavy atom. The topological polar surface area (TPSA) is 83.5 Å². The number of carbonyl (C=O) groups excluding carboxylic acids is 1. The van der Waals surface area contributed by atoms with Gasteiger partial charge in [-0.05, 0) is 63.5 Å². The molecule has 0 spiro atoms. The van der Waals surface area contributed by atoms with Crippen molar-refractivity contribution >= 4 is 11.5 Å². The van der Waals surface area contributed by atoms with Crippen LogP contribution in [-0.4, -0.2) is 55.0 Å². The molecule has 3 aliphatic carbocycles. The van der Waals surface area contributed by atoms with Crippen LogP contribution in [0, 0.1) is 29.1 Å². The van der Waals surface area contributed by atoms with Gasteiger partial charge in [-0.2, -0.15) is 0 Å². The molecule has 6 atom stereocenters. The fourth-order valence-electron chi connectivity index (χ4n) is 7.29. The lowest BCUT2D eigenvalue weighted by Crippen LogP contribution is -2.61. The van der Waals surface area contributed by atoms with E-state index in [0.29, 0.717) is 42.9 Å². The fourth-order valence-corrected chi connectivity index (χ4v) is 7.29. The van der Waals surface area contributed by atoms with Crippen molar-refractivity contribution in [2.45, 2.75) is 77.7 Å². The standard InChI is InChI=1S/C29H38O7/c1-27(2)13-33-29(5,34-14-27)19-12-17-18(25-26(19)36-28(3,4)35-25)11-16-10-15-8-7-9-20(32-6)21(15)24(31)22(16)23(17)30/h7-9,16-19,25-26,31H,10-14H2,1-6H3/t16-,17-,18-,19+,25+,26-/m0/s1. The Kier molecular flexibility index (Phi) is 5.45. The summed E-state index contributed by atoms with van der Waals surface area (Å²) in [4.78, 5) is 14.2. The van der Waals surface area contributed by atoms with Crippen molar-refractivity contribution in [1.29, 1.82) is 0 Å². The first-order valence-corrected chi connectivity index (χ1v) is 13.2. The number of carbonyl (C=O) groups is 1. The quantitative estimate of drug-likeness (QED) is 0.634. The Bertz CT molecular complexity index is 1110. The van der Waals surface area contributed by atoms with Crippen molar-refractivity contribution < 1.29 is 33.6 Å². The number of aliphatic hydroxyl groups excluding tert-OH is 1. The SMILES string of the molecule is COc1cccc2c1C(O)=C1C(=O)[C@H]3C[C@@H](C4(C)OCC(C)(C)CO4)[C@@H]4OC(C)(C)O[C@@H]4[C@H]3C[C@@H]1C2. The summed E-state index contributed by atoms with van der Waals surface area (Å²) in [5, 5.41) is 11.4. The van der Waals surface area contributed by atoms with Gasteiger partial charge in [0.1, 0.15) is 11.5 Å². The van der Waals surface area contributed by atoms with Crippen LogP contribution in [0.3, 0.4) is 0 Å². The molecule has 2 heterocycles. The van der Waals surface area contributed by atoms with Crippen LogP contribution in [0.2, 0.25) is 0 Å². The minimum atomic E-state index is -0.872. The molecule has 0 radical (unpaired) electrons. The number of Topliss-reactive ketones (excluding diaryl/α,β-unsaturated/α-hetero) is 1. The molecule has 0 amide bonds. The van der Waals surface area contributed by atoms with Crippen molar-refractivity contribution in [1.82, 2.24) is 0 Å². The van der Waals surface area contributed by atoms with Gasteiger partial charge in [0.15, 0.2) is 17.4 Å². The minimum absolute atomic E-state index is 0.0119. The molecule has 1 aromatic carbocycles. The average Bonchev–Trinajstić information content (AvgIpc) is 3.15. The molecule has 36 heavy (non-hydrogen) atoms. The monoisotopic (exact) mass is 498 g/mol. The number of fused-ring (bicyclic) bond motifs is 5. The molecule has 2 saturated heterocycles. The molecule has 1 N–H and O–H groups in total. The van der Waals surface area contributed by atoms with E-state index >= 15 is 0 Å². The van der Waals surface area contributed by atoms with Crippen LogP contribution in [0.1, 0.15) is 58.6 Å². The number of aliphatic hydroxyl groups is 1. The minimum Gasteiger partial charge on any atom is -0.507 e. The van der Waals surface area contributed by atoms with E-state index in [4.69, 9.17) is 23.7 Å². The number of benzene rings is 1. The largest absolute Gasteiger partial charge is 0.507 e. The first-order valence-electron chi connectivity index (χ1n) is 13.2. The number of hydrogen-bond acceptors (Lipinski definition) is 7. The summed E-state index contributed by atoms with van der Waals surface area (Å²) >= 11 is 0. The first-order chi connectivity index (χ1) is 16.9. The highest BCUT2D eigenvalue weighted by Crippen LogP contribution is 2.56. The number of rotatable bonds is 2. The number of allylic oxidation sites excluding steroid dienone is 1. The molecule has 0 bridgehead atoms. The molecule has 7 heteroatoms. The summed E-state index contributed by atoms with van der Waals surface area (Å²) in [6, 6.07) is 5.78. The van der Waals surface area contributed by atoms with Crippen molar-refractivity contribution in [3.05, 3.63) is 34.9 Å². The molecule has 7 nitrogen and oxygen atoms in total. The number of methoxy groups -OCH3 is 1. The molecule has 2 saturated carbocycles. The third kappa shape index (κ3) is 3.65. The summed E-state index contributed by atoms with van der Waals surface area (Å²) in [6.07, 6.45) is 1.58. The lowest BCUT2D eigenvalue weighted by atomic mass is 9.57. The van der Waals surface area contributed by atoms with Crippen molar-refractivity contribution in [3.63, 3.8) is 0 Å². The third-order valence-electron chi connectivity index (χ3n) is 9.04. The lowest BCUT2D eigenvalue weighted by molar-refractivity contribution is -0.331. The molecule has 0 unspecified atom stereocenters. The summed E-state index contributed by atoms with van der Waals surface area (Å²) in [5.41, 5.74) is 2.14. The summed E-state index contributed by atoms with van der Waals surface area (Å²) in [7, 11) is 1.59. The Morgan fingerprint density at radius 2 is 1.69 bits per heavy atom. The van der Waals surface area contributed by atoms with Gasteiger partial charge in [-0.15, -0.1) is 0 Å². The molecule has 4 fully saturated rings. The molecule has 1 aromatic rings. The van der Waals surface area contributed by atoms with Crippen LogP contribution in [0.15, 0.2) is 23.8 Å². The summed E-state index contributed by atoms with van der Waals surface area (Å²) < 4.78 is 31.3. The van der Waals surface area contributed by atoms with E-state index < -0.39 is 11.6 Å². The summed E-state index contributed by atoms with van der Waals surface area (Å²) in [6.45, 7) is 11.3. The Hall–Kier alpha value is -1.93. The molecule has 196 valence electrons. The summed E-state index contributed by atoms with van der Waals surface area (Å²) in [5.74, 6) is -1.44. The van der Waals surface area contributed by atoms with E-state index in [0.717, 1.165) is 12.0 Å². The maximum absolute atomic E-state index is 14.2. The molecule has 5 aliphatic rings. The number of ether oxygens (including phenoxy) is 5. The van der Waals surface area contributed by atoms with Crippen LogP contribution in [0.5, 0.6) is 5.75 Å². The smallest absolute Gasteiger partial charge is 0.170 e. The van der Waals surface area contributed by atoms with Crippen LogP contribution in [0.25, 0.3) is 5.76 Å². The Labute approximate surface area is 213 Å². The molecule has 2 aliphatic heterocycles. The maximum atomic E-state index is 14.2. The van der Waals surface area contributed by atoms with Crippen molar-refractivity contribution in [3.8, 4) is 5.75 Å². The fraction of sp³-hybridized carbons (Fsp3) is 0.690. The first kappa shape index (κ1) is 24.4. The van der Waals surface area contributed by atoms with Gasteiger partial charge in [-0.1, -0.05) is 26.0 Å². The van der Waals surface area contributed by atoms with Gasteiger partial charge in [0.2, 0.25) is 0 Å². The van der Waals surface area contributed by atoms with E-state index in [1.54, 1.807) is 7.11 Å². The number of ketones is 1. The van der Waals surface area contributed by atoms with Gasteiger partial charge < -0.3 is 28.8 Å². The zero-order chi connectivity index (χ0) is 25.6. The van der Waals surface area contributed by atoms with Crippen LogP contribution < -0.4 is 4.74 Å². The third-order valence-corrected chi connectivity index (χ3v) is 9.04. The second-order valence-corrected chi connectivity index (χ2v) is 12.7. The van der Waals surface area contributed by atoms with E-state index in [-0.39, 0.29) is 52.8 Å². The van der Waals surface area contributed by atoms with Gasteiger partial charge in [-0.25, -0.2) is 0 Å². The van der Waals surface area contributed by atoms with E-state index in [9.17, 15) is 9.90 Å². The predicted octanol–water partition coefficient (Wildman–Crippen LogP) is 4.67. The van der Waals surface area contributed by atoms with Gasteiger partial charge in [0.05, 0.1) is 38.1 Å². The van der Waals surface area contributed by atoms with Crippen LogP contribution >= 0.6 is 0 Å². The van der Waals surface area contributed by atoms with Gasteiger partial charge >= 0.3 is 0 Å². The lowest BCUT2D eigenvalue weighted by Gasteiger charge is -2.53. The normalized spacial score (nSPS) is 38.0. The van der Waals surface area contributed by atoms with Crippen molar-refractivity contribution in [2.24, 2.45) is 29.1 Å². The van der Waals surface area contributed by atoms with Crippen LogP contribution in [0.4, 0.5) is 0 Å². The Balaban J connectivity index is 1.39. The molecule has 6 rings (SSSR count). The highest BCUT2D eigenvalue weighted by Gasteiger charge is 2.63.